The van der Waals surface area contributed by atoms with Crippen molar-refractivity contribution in [2.75, 3.05) is 39.3 Å². The van der Waals surface area contributed by atoms with Gasteiger partial charge in [-0.1, -0.05) is 41.5 Å². The molecule has 0 aliphatic carbocycles. The van der Waals surface area contributed by atoms with Gasteiger partial charge in [-0.3, -0.25) is 0 Å². The summed E-state index contributed by atoms with van der Waals surface area (Å²) in [5, 5.41) is 0. The summed E-state index contributed by atoms with van der Waals surface area (Å²) in [7, 11) is -17.9. The maximum atomic E-state index is 7.06. The molecule has 0 heterocycles. The van der Waals surface area contributed by atoms with Crippen LogP contribution in [0.3, 0.4) is 0 Å². The van der Waals surface area contributed by atoms with E-state index in [9.17, 15) is 0 Å². The van der Waals surface area contributed by atoms with E-state index >= 15 is 0 Å². The van der Waals surface area contributed by atoms with Crippen molar-refractivity contribution in [2.24, 2.45) is 0 Å². The van der Waals surface area contributed by atoms with E-state index in [1.54, 1.807) is 0 Å². The van der Waals surface area contributed by atoms with Crippen molar-refractivity contribution in [1.82, 2.24) is 13.7 Å². The summed E-state index contributed by atoms with van der Waals surface area (Å²) in [4.78, 5) is 0. The van der Waals surface area contributed by atoms with E-state index < -0.39 is 59.9 Å². The Morgan fingerprint density at radius 1 is 0.317 bits per heavy atom. The molecule has 248 valence electrons. The molecule has 0 aromatic heterocycles. The van der Waals surface area contributed by atoms with Crippen molar-refractivity contribution in [3.63, 3.8) is 0 Å². The highest BCUT2D eigenvalue weighted by Crippen LogP contribution is 2.32. The van der Waals surface area contributed by atoms with Crippen molar-refractivity contribution in [3.05, 3.63) is 0 Å². The molecule has 0 rings (SSSR count). The van der Waals surface area contributed by atoms with Gasteiger partial charge in [0.15, 0.2) is 0 Å². The van der Waals surface area contributed by atoms with Crippen LogP contribution in [0.2, 0.25) is 85.1 Å². The minimum Gasteiger partial charge on any atom is -0.424 e. The Balaban J connectivity index is 6.47. The molecule has 0 saturated heterocycles. The lowest BCUT2D eigenvalue weighted by Crippen LogP contribution is -2.67. The van der Waals surface area contributed by atoms with Crippen LogP contribution in [0.25, 0.3) is 0 Å². The molecule has 0 spiro atoms. The molecule has 41 heavy (non-hydrogen) atoms. The van der Waals surface area contributed by atoms with Gasteiger partial charge in [0.1, 0.15) is 0 Å². The van der Waals surface area contributed by atoms with Crippen molar-refractivity contribution in [1.29, 1.82) is 0 Å². The molecule has 16 heteroatoms. The predicted octanol–water partition coefficient (Wildman–Crippen LogP) is 6.89. The molecule has 0 bridgehead atoms. The van der Waals surface area contributed by atoms with Gasteiger partial charge in [-0.25, -0.2) is 0 Å². The van der Waals surface area contributed by atoms with E-state index in [0.29, 0.717) is 0 Å². The molecule has 0 aliphatic rings. The SMILES string of the molecule is CCN(CC)[Si](C)(C)O[Si](C)(C)O[Si](C)(O[Si](C)(C)O[Si](C)(C)N(CC)CC)O[Si](C)(C)O[Si](C)(C)N(CC)CC. The van der Waals surface area contributed by atoms with Crippen molar-refractivity contribution in [3.8, 4) is 0 Å². The van der Waals surface area contributed by atoms with Gasteiger partial charge < -0.3 is 38.4 Å². The van der Waals surface area contributed by atoms with E-state index in [4.69, 9.17) is 24.7 Å². The second-order valence-corrected chi connectivity index (χ2v) is 39.1. The number of hydrogen-bond acceptors (Lipinski definition) is 9. The Labute approximate surface area is 263 Å². The number of hydrogen-bond donors (Lipinski definition) is 0. The molecule has 0 saturated carbocycles. The third-order valence-electron chi connectivity index (χ3n) is 7.36. The maximum absolute atomic E-state index is 7.06. The smallest absolute Gasteiger partial charge is 0.424 e. The molecule has 0 aromatic carbocycles. The van der Waals surface area contributed by atoms with Gasteiger partial charge in [-0.15, -0.1) is 0 Å². The zero-order valence-corrected chi connectivity index (χ0v) is 37.5. The van der Waals surface area contributed by atoms with Crippen LogP contribution >= 0.6 is 0 Å². The number of nitrogens with zero attached hydrogens (tertiary/aromatic N) is 3. The average molecular weight is 704 g/mol. The summed E-state index contributed by atoms with van der Waals surface area (Å²) in [6.07, 6.45) is 0. The summed E-state index contributed by atoms with van der Waals surface area (Å²) in [6.45, 7) is 47.4. The summed E-state index contributed by atoms with van der Waals surface area (Å²) in [6, 6.07) is 0. The fourth-order valence-electron chi connectivity index (χ4n) is 6.42. The zero-order valence-electron chi connectivity index (χ0n) is 30.5. The molecule has 0 amide bonds. The third kappa shape index (κ3) is 14.0. The van der Waals surface area contributed by atoms with Crippen LogP contribution in [0.4, 0.5) is 0 Å². The second kappa shape index (κ2) is 16.1. The zero-order chi connectivity index (χ0) is 32.7. The Morgan fingerprint density at radius 2 is 0.488 bits per heavy atom. The lowest BCUT2D eigenvalue weighted by molar-refractivity contribution is 0.189. The Morgan fingerprint density at radius 3 is 0.634 bits per heavy atom. The summed E-state index contributed by atoms with van der Waals surface area (Å²) >= 11 is 0. The van der Waals surface area contributed by atoms with Crippen molar-refractivity contribution in [2.45, 2.75) is 127 Å². The van der Waals surface area contributed by atoms with Gasteiger partial charge in [0.05, 0.1) is 0 Å². The molecule has 0 atom stereocenters. The molecule has 9 nitrogen and oxygen atoms in total. The van der Waals surface area contributed by atoms with Gasteiger partial charge in [0, 0.05) is 6.55 Å². The van der Waals surface area contributed by atoms with Crippen LogP contribution < -0.4 is 0 Å². The largest absolute Gasteiger partial charge is 0.470 e. The summed E-state index contributed by atoms with van der Waals surface area (Å²) in [5.74, 6) is 0. The van der Waals surface area contributed by atoms with Crippen LogP contribution in [0.15, 0.2) is 0 Å². The van der Waals surface area contributed by atoms with Crippen LogP contribution in [-0.4, -0.2) is 113 Å². The molecule has 0 radical (unpaired) electrons. The fraction of sp³-hybridized carbons (Fsp3) is 1.00. The normalized spacial score (nSPS) is 15.1. The molecule has 0 unspecified atom stereocenters. The van der Waals surface area contributed by atoms with Gasteiger partial charge in [-0.05, 0) is 118 Å². The lowest BCUT2D eigenvalue weighted by Gasteiger charge is -2.48. The summed E-state index contributed by atoms with van der Waals surface area (Å²) in [5.41, 5.74) is 0. The van der Waals surface area contributed by atoms with E-state index in [1.165, 1.54) is 0 Å². The van der Waals surface area contributed by atoms with Gasteiger partial charge >= 0.3 is 34.5 Å². The minimum absolute atomic E-state index is 0.958. The standard InChI is InChI=1S/C25H69N3O6Si7/c1-20-26(21-2)35(7,8)29-38(13,14)32-41(19,33-39(15,16)30-36(9,10)27(22-3)23-4)34-40(17,18)31-37(11,12)28(24-5)25-6/h20-25H2,1-19H3. The van der Waals surface area contributed by atoms with Crippen LogP contribution in [0.1, 0.15) is 41.5 Å². The first kappa shape index (κ1) is 42.2. The topological polar surface area (TPSA) is 65.1 Å². The van der Waals surface area contributed by atoms with Gasteiger partial charge in [0.2, 0.25) is 0 Å². The summed E-state index contributed by atoms with van der Waals surface area (Å²) < 4.78 is 49.4. The van der Waals surface area contributed by atoms with Crippen LogP contribution in [0.5, 0.6) is 0 Å². The first-order chi connectivity index (χ1) is 18.3. The fourth-order valence-corrected chi connectivity index (χ4v) is 40.9. The van der Waals surface area contributed by atoms with Gasteiger partial charge in [-0.2, -0.15) is 0 Å². The molecular formula is C25H69N3O6Si7. The number of rotatable bonds is 21. The third-order valence-corrected chi connectivity index (χ3v) is 36.1. The molecule has 0 aliphatic heterocycles. The predicted molar refractivity (Wildman–Crippen MR) is 192 cm³/mol. The second-order valence-electron chi connectivity index (χ2n) is 13.5. The molecule has 0 fully saturated rings. The molecular weight excluding hydrogens is 635 g/mol. The van der Waals surface area contributed by atoms with Gasteiger partial charge in [0.25, 0.3) is 25.4 Å². The first-order valence-corrected chi connectivity index (χ1v) is 35.0. The van der Waals surface area contributed by atoms with E-state index in [1.807, 2.05) is 6.55 Å². The highest BCUT2D eigenvalue weighted by atomic mass is 28.5. The maximum Gasteiger partial charge on any atom is 0.470 e. The average Bonchev–Trinajstić information content (AvgIpc) is 2.70. The van der Waals surface area contributed by atoms with E-state index in [-0.39, 0.29) is 0 Å². The molecule has 0 aromatic rings. The van der Waals surface area contributed by atoms with Crippen molar-refractivity contribution < 1.29 is 24.7 Å². The van der Waals surface area contributed by atoms with E-state index in [0.717, 1.165) is 39.3 Å². The van der Waals surface area contributed by atoms with Crippen LogP contribution in [-0.2, 0) is 24.7 Å². The van der Waals surface area contributed by atoms with E-state index in [2.05, 4.69) is 134 Å². The Bertz CT molecular complexity index is 681. The molecule has 0 N–H and O–H groups in total. The first-order valence-electron chi connectivity index (χ1n) is 15.8. The minimum atomic E-state index is -3.30. The lowest BCUT2D eigenvalue weighted by atomic mass is 10.7. The van der Waals surface area contributed by atoms with Crippen LogP contribution in [0, 0.1) is 0 Å². The Kier molecular flexibility index (Phi) is 16.6. The van der Waals surface area contributed by atoms with Crippen molar-refractivity contribution >= 4 is 59.9 Å². The highest BCUT2D eigenvalue weighted by molar-refractivity contribution is 6.92. The Hall–Kier alpha value is 1.16. The highest BCUT2D eigenvalue weighted by Gasteiger charge is 2.55. The monoisotopic (exact) mass is 703 g/mol. The quantitative estimate of drug-likeness (QED) is 0.119.